The molecule has 1 aromatic heterocycles. The molecule has 0 unspecified atom stereocenters. The van der Waals surface area contributed by atoms with Crippen LogP contribution in [0.15, 0.2) is 30.6 Å². The number of amides is 1. The number of carbonyl (C=O) groups is 1. The van der Waals surface area contributed by atoms with Crippen LogP contribution in [0, 0.1) is 11.7 Å². The van der Waals surface area contributed by atoms with Crippen molar-refractivity contribution in [1.29, 1.82) is 0 Å². The zero-order valence-corrected chi connectivity index (χ0v) is 15.3. The van der Waals surface area contributed by atoms with Gasteiger partial charge in [0, 0.05) is 19.1 Å². The third kappa shape index (κ3) is 3.83. The fourth-order valence-corrected chi connectivity index (χ4v) is 4.14. The average Bonchev–Trinajstić information content (AvgIpc) is 3.17. The molecular weight excluding hydrogens is 371 g/mol. The van der Waals surface area contributed by atoms with E-state index in [2.05, 4.69) is 15.4 Å². The number of likely N-dealkylation sites (tertiary alicyclic amines) is 1. The number of alkyl halides is 2. The van der Waals surface area contributed by atoms with Crippen LogP contribution in [0.3, 0.4) is 0 Å². The predicted octanol–water partition coefficient (Wildman–Crippen LogP) is 2.89. The van der Waals surface area contributed by atoms with Crippen LogP contribution in [0.25, 0.3) is 0 Å². The molecule has 1 saturated heterocycles. The van der Waals surface area contributed by atoms with Gasteiger partial charge >= 0.3 is 0 Å². The molecule has 1 N–H and O–H groups in total. The van der Waals surface area contributed by atoms with Crippen molar-refractivity contribution in [1.82, 2.24) is 19.7 Å². The number of piperidine rings is 1. The zero-order valence-electron chi connectivity index (χ0n) is 15.3. The number of hydrogen-bond donors (Lipinski definition) is 1. The molecule has 2 aromatic rings. The van der Waals surface area contributed by atoms with Crippen LogP contribution in [0.5, 0.6) is 0 Å². The average molecular weight is 393 g/mol. The highest BCUT2D eigenvalue weighted by molar-refractivity contribution is 5.78. The van der Waals surface area contributed by atoms with Crippen LogP contribution in [-0.2, 0) is 11.2 Å². The number of nitrogens with zero attached hydrogens (tertiary/aromatic N) is 4. The molecule has 4 rings (SSSR count). The first-order chi connectivity index (χ1) is 13.5. The second-order valence-electron chi connectivity index (χ2n) is 7.44. The summed E-state index contributed by atoms with van der Waals surface area (Å²) in [6.45, 7) is 1.18. The lowest BCUT2D eigenvalue weighted by molar-refractivity contribution is -0.131. The Kier molecular flexibility index (Phi) is 5.23. The number of carbonyl (C=O) groups excluding carboxylic acids is 1. The first-order valence-electron chi connectivity index (χ1n) is 9.47. The van der Waals surface area contributed by atoms with Crippen molar-refractivity contribution in [3.8, 4) is 0 Å². The molecule has 150 valence electrons. The molecule has 0 aliphatic carbocycles. The second kappa shape index (κ2) is 7.81. The molecule has 3 heterocycles. The molecule has 0 radical (unpaired) electrons. The largest absolute Gasteiger partial charge is 0.351 e. The summed E-state index contributed by atoms with van der Waals surface area (Å²) in [6.07, 6.45) is 0.818. The molecule has 6 nitrogen and oxygen atoms in total. The van der Waals surface area contributed by atoms with Gasteiger partial charge in [0.25, 0.3) is 6.43 Å². The molecule has 2 aliphatic rings. The van der Waals surface area contributed by atoms with E-state index >= 15 is 0 Å². The Morgan fingerprint density at radius 1 is 1.21 bits per heavy atom. The zero-order chi connectivity index (χ0) is 19.7. The van der Waals surface area contributed by atoms with Gasteiger partial charge in [-0.3, -0.25) is 4.79 Å². The van der Waals surface area contributed by atoms with Crippen LogP contribution in [0.2, 0.25) is 0 Å². The highest BCUT2D eigenvalue weighted by Crippen LogP contribution is 2.35. The summed E-state index contributed by atoms with van der Waals surface area (Å²) in [5.74, 6) is 0.264. The highest BCUT2D eigenvalue weighted by Gasteiger charge is 2.38. The SMILES string of the molecule is O=C(Cc1ccc(F)cc1)N1CCC([C@@H]2C[C@H](C(F)F)n3ncnc3N2)CC1. The summed E-state index contributed by atoms with van der Waals surface area (Å²) in [5, 5.41) is 7.14. The first kappa shape index (κ1) is 18.8. The Morgan fingerprint density at radius 3 is 2.61 bits per heavy atom. The third-order valence-electron chi connectivity index (χ3n) is 5.72. The van der Waals surface area contributed by atoms with Gasteiger partial charge in [-0.2, -0.15) is 10.1 Å². The van der Waals surface area contributed by atoms with Crippen molar-refractivity contribution >= 4 is 11.9 Å². The Balaban J connectivity index is 1.34. The topological polar surface area (TPSA) is 63.1 Å². The maximum atomic E-state index is 13.4. The van der Waals surface area contributed by atoms with Gasteiger partial charge in [0.05, 0.1) is 6.42 Å². The van der Waals surface area contributed by atoms with Crippen LogP contribution in [-0.4, -0.2) is 51.1 Å². The number of nitrogens with one attached hydrogen (secondary N) is 1. The van der Waals surface area contributed by atoms with Gasteiger partial charge in [-0.25, -0.2) is 17.9 Å². The summed E-state index contributed by atoms with van der Waals surface area (Å²) in [6, 6.07) is 4.86. The fourth-order valence-electron chi connectivity index (χ4n) is 4.14. The van der Waals surface area contributed by atoms with Crippen LogP contribution < -0.4 is 5.32 Å². The normalized spacial score (nSPS) is 22.8. The summed E-state index contributed by atoms with van der Waals surface area (Å²) in [7, 11) is 0. The van der Waals surface area contributed by atoms with Crippen molar-refractivity contribution in [2.24, 2.45) is 5.92 Å². The van der Waals surface area contributed by atoms with Crippen molar-refractivity contribution in [2.75, 3.05) is 18.4 Å². The number of benzene rings is 1. The van der Waals surface area contributed by atoms with E-state index in [0.717, 1.165) is 18.4 Å². The quantitative estimate of drug-likeness (QED) is 0.868. The van der Waals surface area contributed by atoms with Crippen molar-refractivity contribution in [3.63, 3.8) is 0 Å². The Bertz CT molecular complexity index is 817. The van der Waals surface area contributed by atoms with Gasteiger partial charge in [0.2, 0.25) is 11.9 Å². The predicted molar refractivity (Wildman–Crippen MR) is 96.5 cm³/mol. The van der Waals surface area contributed by atoms with E-state index in [1.54, 1.807) is 17.0 Å². The first-order valence-corrected chi connectivity index (χ1v) is 9.47. The summed E-state index contributed by atoms with van der Waals surface area (Å²) in [5.41, 5.74) is 0.779. The van der Waals surface area contributed by atoms with Crippen LogP contribution >= 0.6 is 0 Å². The minimum absolute atomic E-state index is 0.00635. The van der Waals surface area contributed by atoms with E-state index in [9.17, 15) is 18.0 Å². The van der Waals surface area contributed by atoms with Crippen molar-refractivity contribution in [2.45, 2.75) is 44.2 Å². The molecule has 0 spiro atoms. The highest BCUT2D eigenvalue weighted by atomic mass is 19.3. The van der Waals surface area contributed by atoms with E-state index in [-0.39, 0.29) is 30.1 Å². The van der Waals surface area contributed by atoms with E-state index < -0.39 is 12.5 Å². The van der Waals surface area contributed by atoms with E-state index in [1.807, 2.05) is 0 Å². The molecule has 9 heteroatoms. The van der Waals surface area contributed by atoms with Crippen LogP contribution in [0.1, 0.15) is 30.9 Å². The minimum Gasteiger partial charge on any atom is -0.351 e. The second-order valence-corrected chi connectivity index (χ2v) is 7.44. The van der Waals surface area contributed by atoms with Gasteiger partial charge < -0.3 is 10.2 Å². The number of halogens is 3. The molecule has 1 fully saturated rings. The van der Waals surface area contributed by atoms with Gasteiger partial charge in [0.15, 0.2) is 0 Å². The van der Waals surface area contributed by atoms with Crippen molar-refractivity contribution in [3.05, 3.63) is 42.0 Å². The fraction of sp³-hybridized carbons (Fsp3) is 0.526. The van der Waals surface area contributed by atoms with Gasteiger partial charge in [-0.15, -0.1) is 0 Å². The Hall–Kier alpha value is -2.58. The molecule has 2 aliphatic heterocycles. The minimum atomic E-state index is -2.50. The Labute approximate surface area is 160 Å². The van der Waals surface area contributed by atoms with Crippen molar-refractivity contribution < 1.29 is 18.0 Å². The van der Waals surface area contributed by atoms with E-state index in [4.69, 9.17) is 0 Å². The molecule has 2 atom stereocenters. The summed E-state index contributed by atoms with van der Waals surface area (Å²) < 4.78 is 41.1. The maximum Gasteiger partial charge on any atom is 0.260 e. The number of hydrogen-bond acceptors (Lipinski definition) is 4. The van der Waals surface area contributed by atoms with Gasteiger partial charge in [-0.05, 0) is 42.9 Å². The van der Waals surface area contributed by atoms with Gasteiger partial charge in [0.1, 0.15) is 18.2 Å². The lowest BCUT2D eigenvalue weighted by Gasteiger charge is -2.40. The molecule has 0 saturated carbocycles. The maximum absolute atomic E-state index is 13.4. The molecular formula is C19H22F3N5O. The summed E-state index contributed by atoms with van der Waals surface area (Å²) >= 11 is 0. The lowest BCUT2D eigenvalue weighted by Crippen LogP contribution is -2.46. The molecule has 28 heavy (non-hydrogen) atoms. The lowest BCUT2D eigenvalue weighted by atomic mass is 9.85. The molecule has 1 amide bonds. The van der Waals surface area contributed by atoms with Crippen LogP contribution in [0.4, 0.5) is 19.1 Å². The third-order valence-corrected chi connectivity index (χ3v) is 5.72. The number of anilines is 1. The molecule has 0 bridgehead atoms. The molecule has 1 aromatic carbocycles. The van der Waals surface area contributed by atoms with E-state index in [0.29, 0.717) is 25.5 Å². The van der Waals surface area contributed by atoms with Gasteiger partial charge in [-0.1, -0.05) is 12.1 Å². The number of fused-ring (bicyclic) bond motifs is 1. The monoisotopic (exact) mass is 393 g/mol. The summed E-state index contributed by atoms with van der Waals surface area (Å²) in [4.78, 5) is 18.3. The van der Waals surface area contributed by atoms with E-state index in [1.165, 1.54) is 23.1 Å². The standard InChI is InChI=1S/C19H22F3N5O/c20-14-3-1-12(2-4-14)9-17(28)26-7-5-13(6-8-26)15-10-16(18(21)22)27-19(25-15)23-11-24-27/h1-4,11,13,15-16,18H,5-10H2,(H,23,24,25)/t15-,16+/m0/s1. The number of rotatable bonds is 4. The Morgan fingerprint density at radius 2 is 1.93 bits per heavy atom. The number of aromatic nitrogens is 3. The smallest absolute Gasteiger partial charge is 0.260 e.